The van der Waals surface area contributed by atoms with E-state index in [2.05, 4.69) is 44.7 Å². The van der Waals surface area contributed by atoms with Crippen molar-refractivity contribution in [1.82, 2.24) is 19.4 Å². The first-order chi connectivity index (χ1) is 24.5. The number of benzene rings is 3. The van der Waals surface area contributed by atoms with Gasteiger partial charge in [-0.05, 0) is 112 Å². The van der Waals surface area contributed by atoms with E-state index in [1.807, 2.05) is 121 Å². The number of aromatic nitrogens is 4. The minimum absolute atomic E-state index is 0.360. The lowest BCUT2D eigenvalue weighted by Gasteiger charge is -2.09. The zero-order valence-corrected chi connectivity index (χ0v) is 28.5. The predicted octanol–water partition coefficient (Wildman–Crippen LogP) is 11.9. The Morgan fingerprint density at radius 1 is 0.520 bits per heavy atom. The van der Waals surface area contributed by atoms with E-state index < -0.39 is 7.40 Å². The molecule has 0 unspecified atom stereocenters. The monoisotopic (exact) mass is 766 g/mol. The van der Waals surface area contributed by atoms with Gasteiger partial charge in [0.2, 0.25) is 0 Å². The molecule has 0 aliphatic carbocycles. The summed E-state index contributed by atoms with van der Waals surface area (Å²) >= 11 is 2.25. The highest BCUT2D eigenvalue weighted by atomic mass is 127. The largest absolute Gasteiger partial charge is 0.678 e. The lowest BCUT2D eigenvalue weighted by Crippen LogP contribution is -2.13. The second-order valence-corrected chi connectivity index (χ2v) is 13.3. The Bertz CT molecular complexity index is 2750. The summed E-state index contributed by atoms with van der Waals surface area (Å²) in [5, 5.41) is 0. The Kier molecular flexibility index (Phi) is 7.50. The molecule has 0 atom stereocenters. The van der Waals surface area contributed by atoms with Gasteiger partial charge in [0.15, 0.2) is 0 Å². The number of H-pyrrole nitrogens is 2. The Balaban J connectivity index is 1.49. The summed E-state index contributed by atoms with van der Waals surface area (Å²) in [4.78, 5) is 12.1. The van der Waals surface area contributed by atoms with Crippen LogP contribution in [0.4, 0.5) is 8.63 Å². The summed E-state index contributed by atoms with van der Waals surface area (Å²) in [6.07, 6.45) is 3.82. The van der Waals surface area contributed by atoms with Crippen LogP contribution in [-0.4, -0.2) is 26.8 Å². The number of nitrogens with zero attached hydrogens (tertiary/aromatic N) is 2. The first kappa shape index (κ1) is 30.4. The number of nitrogens with one attached hydrogen (secondary N) is 2. The van der Waals surface area contributed by atoms with Crippen LogP contribution in [0.3, 0.4) is 0 Å². The molecule has 1 aliphatic rings. The van der Waals surface area contributed by atoms with Gasteiger partial charge < -0.3 is 18.9 Å². The second-order valence-electron chi connectivity index (χ2n) is 12.1. The number of hydrogen-bond donors (Lipinski definition) is 2. The highest BCUT2D eigenvalue weighted by Crippen LogP contribution is 2.37. The van der Waals surface area contributed by atoms with Crippen molar-refractivity contribution < 1.29 is 13.0 Å². The standard InChI is InChI=1S/C41H26BF2IN4O/c43-42(44)49-35-21-22-36(49)39(27-11-13-28(45)14-12-27)32-18-15-29(46-32)30-16-19-33(47-30)40(25-7-3-1-4-8-25)37-23-24-38(50-37)41(26-9-5-2-6-10-26)34-20-17-31(35)48-34/h1-24,47-48H. The molecule has 9 rings (SSSR count). The van der Waals surface area contributed by atoms with Crippen molar-refractivity contribution in [2.75, 3.05) is 0 Å². The molecule has 0 amide bonds. The van der Waals surface area contributed by atoms with Gasteiger partial charge in [0.25, 0.3) is 0 Å². The van der Waals surface area contributed by atoms with Crippen molar-refractivity contribution in [3.8, 4) is 33.4 Å². The lowest BCUT2D eigenvalue weighted by atomic mass is 10.0. The Hall–Kier alpha value is -5.68. The van der Waals surface area contributed by atoms with Gasteiger partial charge in [0.05, 0.1) is 39.0 Å². The molecular formula is C41H26BF2IN4O. The SMILES string of the molecule is FB(F)n1c2ccc1c1ccc([nH]1)c(-c1ccccc1)c1ccc(o1)c(-c1ccccc1)c1ccc([nH]1)c1nc(c2-c2ccc(I)cc2)C=C1. The normalized spacial score (nSPS) is 11.8. The quantitative estimate of drug-likeness (QED) is 0.138. The van der Waals surface area contributed by atoms with Crippen molar-refractivity contribution in [3.05, 3.63) is 148 Å². The summed E-state index contributed by atoms with van der Waals surface area (Å²) in [6, 6.07) is 43.2. The zero-order valence-electron chi connectivity index (χ0n) is 26.4. The zero-order chi connectivity index (χ0) is 33.8. The number of hydrogen-bond acceptors (Lipinski definition) is 2. The van der Waals surface area contributed by atoms with Crippen LogP contribution < -0.4 is 0 Å². The van der Waals surface area contributed by atoms with Crippen molar-refractivity contribution in [2.45, 2.75) is 0 Å². The highest BCUT2D eigenvalue weighted by Gasteiger charge is 2.24. The van der Waals surface area contributed by atoms with Gasteiger partial charge in [-0.3, -0.25) is 8.63 Å². The molecule has 5 aromatic heterocycles. The molecule has 8 aromatic rings. The molecule has 0 saturated heterocycles. The van der Waals surface area contributed by atoms with Gasteiger partial charge in [0, 0.05) is 25.8 Å². The van der Waals surface area contributed by atoms with Crippen LogP contribution in [0.15, 0.2) is 138 Å². The number of aromatic amines is 2. The summed E-state index contributed by atoms with van der Waals surface area (Å²) in [6.45, 7) is 0. The smallest absolute Gasteiger partial charge is 0.456 e. The third-order valence-electron chi connectivity index (χ3n) is 9.08. The third kappa shape index (κ3) is 5.25. The fourth-order valence-electron chi connectivity index (χ4n) is 6.83. The fourth-order valence-corrected chi connectivity index (χ4v) is 7.19. The average molecular weight is 766 g/mol. The summed E-state index contributed by atoms with van der Waals surface area (Å²) in [5.41, 5.74) is 11.4. The third-order valence-corrected chi connectivity index (χ3v) is 9.80. The maximum absolute atomic E-state index is 15.3. The van der Waals surface area contributed by atoms with Crippen LogP contribution in [0.5, 0.6) is 0 Å². The van der Waals surface area contributed by atoms with Crippen molar-refractivity contribution in [2.24, 2.45) is 0 Å². The maximum Gasteiger partial charge on any atom is 0.678 e. The van der Waals surface area contributed by atoms with E-state index in [0.29, 0.717) is 44.7 Å². The van der Waals surface area contributed by atoms with E-state index in [1.165, 1.54) is 0 Å². The molecule has 1 aliphatic heterocycles. The van der Waals surface area contributed by atoms with Crippen LogP contribution in [0.1, 0.15) is 11.4 Å². The fraction of sp³-hybridized carbons (Fsp3) is 0. The van der Waals surface area contributed by atoms with Gasteiger partial charge in [-0.2, -0.15) is 0 Å². The molecule has 50 heavy (non-hydrogen) atoms. The van der Waals surface area contributed by atoms with Gasteiger partial charge in [-0.15, -0.1) is 0 Å². The minimum atomic E-state index is -2.82. The van der Waals surface area contributed by atoms with Gasteiger partial charge in [-0.25, -0.2) is 4.98 Å². The lowest BCUT2D eigenvalue weighted by molar-refractivity contribution is 0.639. The van der Waals surface area contributed by atoms with Crippen LogP contribution in [0.25, 0.3) is 89.8 Å². The number of fused-ring (bicyclic) bond motifs is 12. The highest BCUT2D eigenvalue weighted by molar-refractivity contribution is 14.1. The molecule has 6 heterocycles. The second kappa shape index (κ2) is 12.3. The van der Waals surface area contributed by atoms with E-state index in [9.17, 15) is 0 Å². The Labute approximate surface area is 299 Å². The Morgan fingerprint density at radius 2 is 1.04 bits per heavy atom. The van der Waals surface area contributed by atoms with Crippen LogP contribution in [-0.2, 0) is 0 Å². The molecule has 0 saturated carbocycles. The van der Waals surface area contributed by atoms with Crippen molar-refractivity contribution >= 4 is 86.4 Å². The molecule has 10 bridgehead atoms. The Morgan fingerprint density at radius 3 is 1.66 bits per heavy atom. The summed E-state index contributed by atoms with van der Waals surface area (Å²) in [5.74, 6) is 0. The molecule has 0 spiro atoms. The van der Waals surface area contributed by atoms with Gasteiger partial charge in [0.1, 0.15) is 11.2 Å². The van der Waals surface area contributed by atoms with Crippen molar-refractivity contribution in [1.29, 1.82) is 0 Å². The number of halogens is 3. The molecule has 0 fully saturated rings. The van der Waals surface area contributed by atoms with Crippen LogP contribution >= 0.6 is 22.6 Å². The molecule has 0 radical (unpaired) electrons. The van der Waals surface area contributed by atoms with Crippen LogP contribution in [0, 0.1) is 3.57 Å². The van der Waals surface area contributed by atoms with Gasteiger partial charge >= 0.3 is 7.40 Å². The average Bonchev–Trinajstić information content (AvgIpc) is 3.98. The first-order valence-electron chi connectivity index (χ1n) is 16.1. The van der Waals surface area contributed by atoms with Crippen molar-refractivity contribution in [3.63, 3.8) is 0 Å². The topological polar surface area (TPSA) is 62.5 Å². The van der Waals surface area contributed by atoms with E-state index in [-0.39, 0.29) is 0 Å². The van der Waals surface area contributed by atoms with Crippen LogP contribution in [0.2, 0.25) is 0 Å². The first-order valence-corrected chi connectivity index (χ1v) is 17.2. The molecule has 240 valence electrons. The van der Waals surface area contributed by atoms with E-state index in [1.54, 1.807) is 12.1 Å². The van der Waals surface area contributed by atoms with E-state index in [4.69, 9.17) is 9.40 Å². The number of furan rings is 1. The summed E-state index contributed by atoms with van der Waals surface area (Å²) in [7, 11) is -2.82. The predicted molar refractivity (Wildman–Crippen MR) is 210 cm³/mol. The molecule has 9 heteroatoms. The van der Waals surface area contributed by atoms with E-state index in [0.717, 1.165) is 52.4 Å². The summed E-state index contributed by atoms with van der Waals surface area (Å²) < 4.78 is 39.4. The molecular weight excluding hydrogens is 740 g/mol. The molecule has 3 aromatic carbocycles. The molecule has 2 N–H and O–H groups in total. The minimum Gasteiger partial charge on any atom is -0.456 e. The molecule has 5 nitrogen and oxygen atoms in total. The van der Waals surface area contributed by atoms with E-state index >= 15 is 8.63 Å². The number of rotatable bonds is 4. The maximum atomic E-state index is 15.3. The van der Waals surface area contributed by atoms with Gasteiger partial charge in [-0.1, -0.05) is 72.8 Å².